The zero-order valence-corrected chi connectivity index (χ0v) is 12.4. The van der Waals surface area contributed by atoms with Crippen LogP contribution in [0.4, 0.5) is 0 Å². The lowest BCUT2D eigenvalue weighted by Crippen LogP contribution is -2.44. The molecule has 0 spiro atoms. The highest BCUT2D eigenvalue weighted by molar-refractivity contribution is 5.27. The van der Waals surface area contributed by atoms with Gasteiger partial charge in [0.05, 0.1) is 7.11 Å². The molecule has 1 aliphatic rings. The molecule has 0 amide bonds. The van der Waals surface area contributed by atoms with Crippen molar-refractivity contribution in [3.8, 4) is 5.75 Å². The quantitative estimate of drug-likeness (QED) is 0.883. The van der Waals surface area contributed by atoms with Gasteiger partial charge in [0.1, 0.15) is 5.75 Å². The second kappa shape index (κ2) is 6.92. The van der Waals surface area contributed by atoms with Crippen LogP contribution in [0.1, 0.15) is 32.3 Å². The Balaban J connectivity index is 1.74. The normalized spacial score (nSPS) is 17.9. The molecule has 106 valence electrons. The van der Waals surface area contributed by atoms with Crippen molar-refractivity contribution in [1.29, 1.82) is 0 Å². The Labute approximate surface area is 116 Å². The maximum atomic E-state index is 5.17. The highest BCUT2D eigenvalue weighted by atomic mass is 16.5. The molecule has 0 saturated carbocycles. The van der Waals surface area contributed by atoms with E-state index in [1.165, 1.54) is 31.5 Å². The second-order valence-corrected chi connectivity index (χ2v) is 5.63. The summed E-state index contributed by atoms with van der Waals surface area (Å²) in [5.74, 6) is 0.925. The summed E-state index contributed by atoms with van der Waals surface area (Å²) in [4.78, 5) is 2.56. The van der Waals surface area contributed by atoms with Gasteiger partial charge < -0.3 is 15.0 Å². The zero-order chi connectivity index (χ0) is 13.7. The third kappa shape index (κ3) is 4.22. The average Bonchev–Trinajstić information content (AvgIpc) is 2.46. The number of piperidine rings is 1. The number of hydrogen-bond donors (Lipinski definition) is 1. The number of rotatable bonds is 5. The van der Waals surface area contributed by atoms with Crippen LogP contribution in [-0.4, -0.2) is 37.2 Å². The number of methoxy groups -OCH3 is 1. The number of nitrogens with one attached hydrogen (secondary N) is 1. The van der Waals surface area contributed by atoms with Crippen molar-refractivity contribution in [1.82, 2.24) is 10.2 Å². The van der Waals surface area contributed by atoms with Gasteiger partial charge in [0, 0.05) is 18.6 Å². The van der Waals surface area contributed by atoms with Gasteiger partial charge in [-0.25, -0.2) is 0 Å². The van der Waals surface area contributed by atoms with Gasteiger partial charge in [-0.15, -0.1) is 0 Å². The molecule has 0 aliphatic carbocycles. The summed E-state index contributed by atoms with van der Waals surface area (Å²) in [6, 6.07) is 9.67. The lowest BCUT2D eigenvalue weighted by Gasteiger charge is -2.35. The van der Waals surface area contributed by atoms with Crippen LogP contribution < -0.4 is 10.1 Å². The Hall–Kier alpha value is -1.06. The molecule has 1 aromatic rings. The summed E-state index contributed by atoms with van der Waals surface area (Å²) in [7, 11) is 1.70. The smallest absolute Gasteiger partial charge is 0.118 e. The summed E-state index contributed by atoms with van der Waals surface area (Å²) in [6.07, 6.45) is 2.52. The van der Waals surface area contributed by atoms with E-state index < -0.39 is 0 Å². The maximum Gasteiger partial charge on any atom is 0.118 e. The van der Waals surface area contributed by atoms with Gasteiger partial charge in [0.25, 0.3) is 0 Å². The number of likely N-dealkylation sites (tertiary alicyclic amines) is 1. The third-order valence-corrected chi connectivity index (χ3v) is 4.01. The van der Waals surface area contributed by atoms with Crippen molar-refractivity contribution < 1.29 is 4.74 Å². The fourth-order valence-electron chi connectivity index (χ4n) is 2.63. The molecule has 0 aromatic heterocycles. The van der Waals surface area contributed by atoms with Crippen LogP contribution in [0.3, 0.4) is 0 Å². The topological polar surface area (TPSA) is 24.5 Å². The van der Waals surface area contributed by atoms with Crippen LogP contribution in [0.5, 0.6) is 5.75 Å². The number of nitrogens with zero attached hydrogens (tertiary/aromatic N) is 1. The summed E-state index contributed by atoms with van der Waals surface area (Å²) in [6.45, 7) is 7.96. The van der Waals surface area contributed by atoms with E-state index in [9.17, 15) is 0 Å². The molecule has 2 rings (SSSR count). The minimum Gasteiger partial charge on any atom is -0.497 e. The molecule has 0 unspecified atom stereocenters. The van der Waals surface area contributed by atoms with Gasteiger partial charge in [-0.05, 0) is 57.5 Å². The van der Waals surface area contributed by atoms with Crippen molar-refractivity contribution in [2.45, 2.75) is 45.3 Å². The summed E-state index contributed by atoms with van der Waals surface area (Å²) in [5, 5.41) is 3.67. The lowest BCUT2D eigenvalue weighted by atomic mass is 10.0. The third-order valence-electron chi connectivity index (χ3n) is 4.01. The Bertz CT molecular complexity index is 367. The van der Waals surface area contributed by atoms with E-state index in [-0.39, 0.29) is 0 Å². The Morgan fingerprint density at radius 1 is 1.21 bits per heavy atom. The average molecular weight is 262 g/mol. The first-order valence-electron chi connectivity index (χ1n) is 7.29. The highest BCUT2D eigenvalue weighted by Gasteiger charge is 2.20. The van der Waals surface area contributed by atoms with E-state index in [2.05, 4.69) is 36.2 Å². The fraction of sp³-hybridized carbons (Fsp3) is 0.625. The van der Waals surface area contributed by atoms with Crippen molar-refractivity contribution in [2.24, 2.45) is 0 Å². The Morgan fingerprint density at radius 3 is 2.37 bits per heavy atom. The minimum atomic E-state index is 0.664. The van der Waals surface area contributed by atoms with Crippen molar-refractivity contribution in [3.05, 3.63) is 29.8 Å². The molecule has 0 atom stereocenters. The van der Waals surface area contributed by atoms with Crippen molar-refractivity contribution >= 4 is 0 Å². The molecule has 1 N–H and O–H groups in total. The molecule has 3 nitrogen and oxygen atoms in total. The SMILES string of the molecule is COc1ccc(CNC2CCN(C(C)C)CC2)cc1. The van der Waals surface area contributed by atoms with Crippen molar-refractivity contribution in [3.63, 3.8) is 0 Å². The van der Waals surface area contributed by atoms with Gasteiger partial charge in [0.2, 0.25) is 0 Å². The Morgan fingerprint density at radius 2 is 1.84 bits per heavy atom. The molecule has 0 radical (unpaired) electrons. The van der Waals surface area contributed by atoms with Gasteiger partial charge >= 0.3 is 0 Å². The monoisotopic (exact) mass is 262 g/mol. The van der Waals surface area contributed by atoms with Crippen LogP contribution in [0, 0.1) is 0 Å². The molecular weight excluding hydrogens is 236 g/mol. The van der Waals surface area contributed by atoms with Gasteiger partial charge in [-0.1, -0.05) is 12.1 Å². The summed E-state index contributed by atoms with van der Waals surface area (Å²) < 4.78 is 5.17. The number of hydrogen-bond acceptors (Lipinski definition) is 3. The first kappa shape index (κ1) is 14.4. The Kier molecular flexibility index (Phi) is 5.23. The first-order valence-corrected chi connectivity index (χ1v) is 7.29. The first-order chi connectivity index (χ1) is 9.19. The van der Waals surface area contributed by atoms with E-state index in [0.717, 1.165) is 12.3 Å². The van der Waals surface area contributed by atoms with E-state index in [1.54, 1.807) is 7.11 Å². The zero-order valence-electron chi connectivity index (χ0n) is 12.4. The van der Waals surface area contributed by atoms with E-state index in [1.807, 2.05) is 12.1 Å². The van der Waals surface area contributed by atoms with Crippen LogP contribution in [0.25, 0.3) is 0 Å². The molecule has 1 saturated heterocycles. The fourth-order valence-corrected chi connectivity index (χ4v) is 2.63. The van der Waals surface area contributed by atoms with Crippen LogP contribution >= 0.6 is 0 Å². The molecule has 1 aromatic carbocycles. The molecule has 3 heteroatoms. The van der Waals surface area contributed by atoms with Crippen LogP contribution in [0.2, 0.25) is 0 Å². The van der Waals surface area contributed by atoms with E-state index in [4.69, 9.17) is 4.74 Å². The summed E-state index contributed by atoms with van der Waals surface area (Å²) in [5.41, 5.74) is 1.33. The molecule has 1 heterocycles. The van der Waals surface area contributed by atoms with Gasteiger partial charge in [0.15, 0.2) is 0 Å². The largest absolute Gasteiger partial charge is 0.497 e. The second-order valence-electron chi connectivity index (χ2n) is 5.63. The minimum absolute atomic E-state index is 0.664. The van der Waals surface area contributed by atoms with Crippen LogP contribution in [0.15, 0.2) is 24.3 Å². The molecule has 0 bridgehead atoms. The van der Waals surface area contributed by atoms with Gasteiger partial charge in [-0.3, -0.25) is 0 Å². The molecule has 19 heavy (non-hydrogen) atoms. The predicted octanol–water partition coefficient (Wildman–Crippen LogP) is 2.66. The molecular formula is C16H26N2O. The van der Waals surface area contributed by atoms with E-state index in [0.29, 0.717) is 12.1 Å². The van der Waals surface area contributed by atoms with E-state index >= 15 is 0 Å². The predicted molar refractivity (Wildman–Crippen MR) is 79.6 cm³/mol. The molecule has 1 fully saturated rings. The lowest BCUT2D eigenvalue weighted by molar-refractivity contribution is 0.161. The highest BCUT2D eigenvalue weighted by Crippen LogP contribution is 2.15. The molecule has 1 aliphatic heterocycles. The van der Waals surface area contributed by atoms with Gasteiger partial charge in [-0.2, -0.15) is 0 Å². The summed E-state index contributed by atoms with van der Waals surface area (Å²) >= 11 is 0. The standard InChI is InChI=1S/C16H26N2O/c1-13(2)18-10-8-15(9-11-18)17-12-14-4-6-16(19-3)7-5-14/h4-7,13,15,17H,8-12H2,1-3H3. The van der Waals surface area contributed by atoms with Crippen LogP contribution in [-0.2, 0) is 6.54 Å². The van der Waals surface area contributed by atoms with Crippen molar-refractivity contribution in [2.75, 3.05) is 20.2 Å². The maximum absolute atomic E-state index is 5.17. The number of ether oxygens (including phenoxy) is 1. The number of benzene rings is 1.